The van der Waals surface area contributed by atoms with Gasteiger partial charge in [-0.2, -0.15) is 23.1 Å². The fourth-order valence-electron chi connectivity index (χ4n) is 3.70. The van der Waals surface area contributed by atoms with E-state index in [1.54, 1.807) is 18.2 Å². The molecule has 0 fully saturated rings. The van der Waals surface area contributed by atoms with Gasteiger partial charge in [0.25, 0.3) is 11.8 Å². The molecule has 3 heterocycles. The second-order valence-corrected chi connectivity index (χ2v) is 8.30. The summed E-state index contributed by atoms with van der Waals surface area (Å²) in [6.07, 6.45) is -6.35. The maximum Gasteiger partial charge on any atom is 0.422 e. The van der Waals surface area contributed by atoms with Gasteiger partial charge in [-0.05, 0) is 5.56 Å². The van der Waals surface area contributed by atoms with Gasteiger partial charge in [0.05, 0.1) is 6.54 Å². The van der Waals surface area contributed by atoms with Crippen molar-refractivity contribution >= 4 is 5.91 Å². The first-order valence-electron chi connectivity index (χ1n) is 11.6. The Balaban J connectivity index is 1.30. The van der Waals surface area contributed by atoms with Gasteiger partial charge in [0.1, 0.15) is 17.9 Å². The summed E-state index contributed by atoms with van der Waals surface area (Å²) in [5.41, 5.74) is -0.768. The summed E-state index contributed by atoms with van der Waals surface area (Å²) < 4.78 is 61.8. The number of alkyl halides is 3. The van der Waals surface area contributed by atoms with Gasteiger partial charge in [0, 0.05) is 18.2 Å². The third-order valence-electron chi connectivity index (χ3n) is 5.57. The van der Waals surface area contributed by atoms with Crippen LogP contribution in [0.15, 0.2) is 68.2 Å². The Kier molecular flexibility index (Phi) is 7.39. The van der Waals surface area contributed by atoms with Crippen LogP contribution in [-0.4, -0.2) is 43.6 Å². The summed E-state index contributed by atoms with van der Waals surface area (Å²) in [5, 5.41) is 23.9. The van der Waals surface area contributed by atoms with E-state index in [4.69, 9.17) is 18.3 Å². The second-order valence-electron chi connectivity index (χ2n) is 8.30. The van der Waals surface area contributed by atoms with E-state index < -0.39 is 41.1 Å². The van der Waals surface area contributed by atoms with Gasteiger partial charge >= 0.3 is 6.18 Å². The summed E-state index contributed by atoms with van der Waals surface area (Å²) in [4.78, 5) is 20.4. The third-order valence-corrected chi connectivity index (χ3v) is 5.57. The number of nitrogens with one attached hydrogen (secondary N) is 1. The van der Waals surface area contributed by atoms with Crippen molar-refractivity contribution in [1.29, 1.82) is 0 Å². The Hall–Kier alpha value is -4.89. The molecule has 0 unspecified atom stereocenters. The maximum absolute atomic E-state index is 13.9. The highest BCUT2D eigenvalue weighted by Gasteiger charge is 2.43. The van der Waals surface area contributed by atoms with Crippen molar-refractivity contribution in [3.63, 3.8) is 0 Å². The van der Waals surface area contributed by atoms with Crippen molar-refractivity contribution in [2.45, 2.75) is 25.4 Å². The second kappa shape index (κ2) is 11.1. The number of halogens is 3. The smallest absolute Gasteiger partial charge is 0.378 e. The van der Waals surface area contributed by atoms with E-state index in [9.17, 15) is 23.1 Å². The summed E-state index contributed by atoms with van der Waals surface area (Å²) in [6.45, 7) is 0.0365. The molecular weight excluding hydrogens is 537 g/mol. The molecule has 40 heavy (non-hydrogen) atoms. The molecule has 0 spiro atoms. The molecule has 3 aromatic heterocycles. The normalized spacial score (nSPS) is 12.4. The molecule has 0 aliphatic carbocycles. The molecule has 12 nitrogen and oxygen atoms in total. The molecule has 5 aromatic rings. The van der Waals surface area contributed by atoms with Gasteiger partial charge in [0.15, 0.2) is 11.9 Å². The number of hydrogen-bond donors (Lipinski definition) is 2. The molecule has 0 saturated carbocycles. The van der Waals surface area contributed by atoms with Crippen molar-refractivity contribution in [1.82, 2.24) is 30.8 Å². The van der Waals surface area contributed by atoms with E-state index in [1.165, 1.54) is 43.5 Å². The van der Waals surface area contributed by atoms with Gasteiger partial charge < -0.3 is 28.7 Å². The van der Waals surface area contributed by atoms with Crippen LogP contribution in [0.1, 0.15) is 28.9 Å². The Morgan fingerprint density at radius 3 is 2.42 bits per heavy atom. The minimum atomic E-state index is -4.82. The number of aromatic nitrogens is 5. The number of methoxy groups -OCH3 is 1. The fraction of sp³-hybridized carbons (Fsp3) is 0.200. The Bertz CT molecular complexity index is 1600. The molecule has 0 aliphatic rings. The number of hydrogen-bond acceptors (Lipinski definition) is 11. The summed E-state index contributed by atoms with van der Waals surface area (Å²) in [6, 6.07) is 13.5. The Morgan fingerprint density at radius 2 is 1.73 bits per heavy atom. The molecule has 0 aliphatic heterocycles. The van der Waals surface area contributed by atoms with E-state index in [-0.39, 0.29) is 36.0 Å². The van der Waals surface area contributed by atoms with Gasteiger partial charge in [0.2, 0.25) is 17.5 Å². The van der Waals surface area contributed by atoms with Crippen LogP contribution in [0.25, 0.3) is 34.3 Å². The van der Waals surface area contributed by atoms with Crippen LogP contribution in [0.4, 0.5) is 13.2 Å². The van der Waals surface area contributed by atoms with Crippen molar-refractivity contribution < 1.29 is 41.4 Å². The van der Waals surface area contributed by atoms with Crippen LogP contribution in [0, 0.1) is 0 Å². The Labute approximate surface area is 222 Å². The first-order chi connectivity index (χ1) is 19.2. The molecule has 1 amide bonds. The number of amides is 1. The van der Waals surface area contributed by atoms with Crippen LogP contribution < -0.4 is 5.32 Å². The number of carbonyl (C=O) groups is 1. The molecule has 206 valence electrons. The maximum atomic E-state index is 13.9. The monoisotopic (exact) mass is 556 g/mol. The molecule has 0 radical (unpaired) electrons. The largest absolute Gasteiger partial charge is 0.422 e. The number of aliphatic hydroxyl groups excluding tert-OH is 1. The molecule has 2 aromatic carbocycles. The number of rotatable bonds is 9. The average molecular weight is 556 g/mol. The predicted octanol–water partition coefficient (Wildman–Crippen LogP) is 3.96. The predicted molar refractivity (Wildman–Crippen MR) is 127 cm³/mol. The number of aliphatic hydroxyl groups is 1. The zero-order chi connectivity index (χ0) is 28.3. The Morgan fingerprint density at radius 1 is 0.975 bits per heavy atom. The standard InChI is InChI=1S/C25H19F3N6O6/c1-37-12-16-30-17(38-32-16)11-29-23(36)20(35)14-7-9-15(10-8-14)22-31-24(40-34-22)21-18(25(26,27)28)19(33-39-21)13-5-3-2-4-6-13/h2-10,20,35H,11-12H2,1H3,(H,29,36)/t20-/m1/s1. The third kappa shape index (κ3) is 5.60. The molecule has 0 bridgehead atoms. The minimum Gasteiger partial charge on any atom is -0.378 e. The summed E-state index contributed by atoms with van der Waals surface area (Å²) >= 11 is 0. The highest BCUT2D eigenvalue weighted by atomic mass is 19.4. The fourth-order valence-corrected chi connectivity index (χ4v) is 3.70. The summed E-state index contributed by atoms with van der Waals surface area (Å²) in [7, 11) is 1.47. The molecule has 0 saturated heterocycles. The van der Waals surface area contributed by atoms with E-state index >= 15 is 0 Å². The molecule has 15 heteroatoms. The first kappa shape index (κ1) is 26.7. The van der Waals surface area contributed by atoms with Crippen molar-refractivity contribution in [2.24, 2.45) is 0 Å². The van der Waals surface area contributed by atoms with Crippen LogP contribution in [-0.2, 0) is 28.9 Å². The van der Waals surface area contributed by atoms with Crippen molar-refractivity contribution in [2.75, 3.05) is 7.11 Å². The van der Waals surface area contributed by atoms with Crippen molar-refractivity contribution in [3.05, 3.63) is 77.4 Å². The van der Waals surface area contributed by atoms with E-state index in [1.807, 2.05) is 0 Å². The van der Waals surface area contributed by atoms with Crippen LogP contribution >= 0.6 is 0 Å². The molecule has 2 N–H and O–H groups in total. The van der Waals surface area contributed by atoms with Crippen LogP contribution in [0.5, 0.6) is 0 Å². The zero-order valence-corrected chi connectivity index (χ0v) is 20.5. The minimum absolute atomic E-state index is 0.0467. The topological polar surface area (TPSA) is 162 Å². The number of nitrogens with zero attached hydrogens (tertiary/aromatic N) is 5. The van der Waals surface area contributed by atoms with Crippen LogP contribution in [0.2, 0.25) is 0 Å². The van der Waals surface area contributed by atoms with Crippen molar-refractivity contribution in [3.8, 4) is 34.3 Å². The first-order valence-corrected chi connectivity index (χ1v) is 11.6. The lowest BCUT2D eigenvalue weighted by Crippen LogP contribution is -2.29. The lowest BCUT2D eigenvalue weighted by Gasteiger charge is -2.10. The lowest BCUT2D eigenvalue weighted by atomic mass is 10.1. The highest BCUT2D eigenvalue weighted by molar-refractivity contribution is 5.82. The van der Waals surface area contributed by atoms with Gasteiger partial charge in [-0.3, -0.25) is 4.79 Å². The molecular formula is C25H19F3N6O6. The average Bonchev–Trinajstić information content (AvgIpc) is 3.71. The molecule has 1 atom stereocenters. The number of carbonyl (C=O) groups excluding carboxylic acids is 1. The molecule has 5 rings (SSSR count). The highest BCUT2D eigenvalue weighted by Crippen LogP contribution is 2.43. The SMILES string of the molecule is COCc1noc(CNC(=O)[C@H](O)c2ccc(-c3noc(-c4onc(-c5ccccc5)c4C(F)(F)F)n3)cc2)n1. The lowest BCUT2D eigenvalue weighted by molar-refractivity contribution is -0.137. The number of ether oxygens (including phenoxy) is 1. The quantitative estimate of drug-likeness (QED) is 0.270. The summed E-state index contributed by atoms with van der Waals surface area (Å²) in [5.74, 6) is -1.57. The number of benzene rings is 2. The van der Waals surface area contributed by atoms with Gasteiger partial charge in [-0.15, -0.1) is 0 Å². The van der Waals surface area contributed by atoms with Crippen LogP contribution in [0.3, 0.4) is 0 Å². The van der Waals surface area contributed by atoms with E-state index in [0.717, 1.165) is 0 Å². The van der Waals surface area contributed by atoms with Gasteiger partial charge in [-0.25, -0.2) is 0 Å². The van der Waals surface area contributed by atoms with Gasteiger partial charge in [-0.1, -0.05) is 70.1 Å². The van der Waals surface area contributed by atoms with E-state index in [2.05, 4.69) is 30.8 Å². The van der Waals surface area contributed by atoms with E-state index in [0.29, 0.717) is 11.4 Å². The zero-order valence-electron chi connectivity index (χ0n) is 20.5.